The third-order valence-corrected chi connectivity index (χ3v) is 5.64. The Kier molecular flexibility index (Phi) is 6.93. The largest absolute Gasteiger partial charge is 0.497 e. The van der Waals surface area contributed by atoms with Crippen LogP contribution in [-0.4, -0.2) is 33.4 Å². The number of ether oxygens (including phenoxy) is 2. The molecule has 0 radical (unpaired) electrons. The zero-order valence-electron chi connectivity index (χ0n) is 17.1. The highest BCUT2D eigenvalue weighted by Crippen LogP contribution is 2.24. The first kappa shape index (κ1) is 20.9. The molecule has 152 valence electrons. The van der Waals surface area contributed by atoms with Gasteiger partial charge in [0.15, 0.2) is 22.9 Å². The smallest absolute Gasteiger partial charge is 0.191 e. The van der Waals surface area contributed by atoms with Gasteiger partial charge >= 0.3 is 0 Å². The molecule has 7 heteroatoms. The molecule has 29 heavy (non-hydrogen) atoms. The first-order valence-corrected chi connectivity index (χ1v) is 10.4. The normalized spacial score (nSPS) is 11.9. The molecule has 0 aliphatic rings. The molecule has 0 bridgehead atoms. The molecule has 0 unspecified atom stereocenters. The van der Waals surface area contributed by atoms with E-state index >= 15 is 0 Å². The number of methoxy groups -OCH3 is 1. The monoisotopic (exact) mass is 411 g/mol. The Labute approximate surface area is 175 Å². The SMILES string of the molecule is CCc1ccc(O[C@H](C)c2nnc(SCC(=O)c3ccc(OC)cc3)n2C)cc1. The van der Waals surface area contributed by atoms with Crippen molar-refractivity contribution in [2.24, 2.45) is 7.05 Å². The van der Waals surface area contributed by atoms with Gasteiger partial charge in [-0.1, -0.05) is 30.8 Å². The molecule has 0 saturated carbocycles. The van der Waals surface area contributed by atoms with E-state index in [0.717, 1.165) is 17.9 Å². The lowest BCUT2D eigenvalue weighted by atomic mass is 10.1. The van der Waals surface area contributed by atoms with Crippen LogP contribution in [0.15, 0.2) is 53.7 Å². The van der Waals surface area contributed by atoms with Gasteiger partial charge in [-0.25, -0.2) is 0 Å². The lowest BCUT2D eigenvalue weighted by Crippen LogP contribution is -2.10. The van der Waals surface area contributed by atoms with Crippen molar-refractivity contribution < 1.29 is 14.3 Å². The number of aromatic nitrogens is 3. The third kappa shape index (κ3) is 5.17. The standard InChI is InChI=1S/C22H25N3O3S/c1-5-16-6-10-19(11-7-16)28-15(2)21-23-24-22(25(21)3)29-14-20(26)17-8-12-18(27-4)13-9-17/h6-13,15H,5,14H2,1-4H3/t15-/m1/s1. The predicted molar refractivity (Wildman–Crippen MR) is 114 cm³/mol. The van der Waals surface area contributed by atoms with Gasteiger partial charge in [0.25, 0.3) is 0 Å². The Hall–Kier alpha value is -2.80. The average Bonchev–Trinajstić information content (AvgIpc) is 3.13. The van der Waals surface area contributed by atoms with Gasteiger partial charge in [0.05, 0.1) is 12.9 Å². The number of hydrogen-bond acceptors (Lipinski definition) is 6. The Morgan fingerprint density at radius 1 is 1.07 bits per heavy atom. The summed E-state index contributed by atoms with van der Waals surface area (Å²) in [5.41, 5.74) is 1.91. The van der Waals surface area contributed by atoms with E-state index < -0.39 is 0 Å². The van der Waals surface area contributed by atoms with Crippen LogP contribution in [0.1, 0.15) is 41.7 Å². The third-order valence-electron chi connectivity index (χ3n) is 4.62. The molecule has 0 aliphatic heterocycles. The quantitative estimate of drug-likeness (QED) is 0.381. The van der Waals surface area contributed by atoms with Crippen molar-refractivity contribution in [1.82, 2.24) is 14.8 Å². The lowest BCUT2D eigenvalue weighted by molar-refractivity contribution is 0.102. The summed E-state index contributed by atoms with van der Waals surface area (Å²) in [5, 5.41) is 9.16. The lowest BCUT2D eigenvalue weighted by Gasteiger charge is -2.14. The highest BCUT2D eigenvalue weighted by Gasteiger charge is 2.18. The van der Waals surface area contributed by atoms with Crippen LogP contribution in [-0.2, 0) is 13.5 Å². The molecule has 1 aromatic heterocycles. The molecule has 3 rings (SSSR count). The van der Waals surface area contributed by atoms with Gasteiger partial charge in [-0.2, -0.15) is 0 Å². The van der Waals surface area contributed by atoms with Gasteiger partial charge in [-0.05, 0) is 55.3 Å². The number of benzene rings is 2. The average molecular weight is 412 g/mol. The second-order valence-electron chi connectivity index (χ2n) is 6.60. The number of ketones is 1. The van der Waals surface area contributed by atoms with Crippen molar-refractivity contribution in [2.45, 2.75) is 31.5 Å². The van der Waals surface area contributed by atoms with E-state index in [0.29, 0.717) is 16.5 Å². The van der Waals surface area contributed by atoms with Gasteiger partial charge in [0.2, 0.25) is 0 Å². The van der Waals surface area contributed by atoms with Crippen molar-refractivity contribution in [3.63, 3.8) is 0 Å². The second-order valence-corrected chi connectivity index (χ2v) is 7.54. The van der Waals surface area contributed by atoms with E-state index in [1.807, 2.05) is 30.7 Å². The summed E-state index contributed by atoms with van der Waals surface area (Å²) < 4.78 is 13.0. The number of nitrogens with zero attached hydrogens (tertiary/aromatic N) is 3. The summed E-state index contributed by atoms with van der Waals surface area (Å²) >= 11 is 1.36. The first-order valence-electron chi connectivity index (χ1n) is 9.46. The van der Waals surface area contributed by atoms with Crippen molar-refractivity contribution >= 4 is 17.5 Å². The van der Waals surface area contributed by atoms with Gasteiger partial charge in [-0.15, -0.1) is 10.2 Å². The summed E-state index contributed by atoms with van der Waals surface area (Å²) in [7, 11) is 3.48. The fourth-order valence-electron chi connectivity index (χ4n) is 2.86. The van der Waals surface area contributed by atoms with Crippen LogP contribution in [0.4, 0.5) is 0 Å². The van der Waals surface area contributed by atoms with Crippen LogP contribution in [0.3, 0.4) is 0 Å². The number of hydrogen-bond donors (Lipinski definition) is 0. The number of thioether (sulfide) groups is 1. The minimum atomic E-state index is -0.258. The molecule has 0 fully saturated rings. The zero-order chi connectivity index (χ0) is 20.8. The molecule has 0 amide bonds. The molecule has 1 atom stereocenters. The number of aryl methyl sites for hydroxylation is 1. The Morgan fingerprint density at radius 3 is 2.34 bits per heavy atom. The topological polar surface area (TPSA) is 66.2 Å². The Bertz CT molecular complexity index is 952. The van der Waals surface area contributed by atoms with E-state index in [2.05, 4.69) is 29.3 Å². The van der Waals surface area contributed by atoms with Crippen LogP contribution in [0.5, 0.6) is 11.5 Å². The van der Waals surface area contributed by atoms with E-state index in [1.54, 1.807) is 31.4 Å². The van der Waals surface area contributed by atoms with Crippen LogP contribution in [0.2, 0.25) is 0 Å². The summed E-state index contributed by atoms with van der Waals surface area (Å²) in [6.45, 7) is 4.06. The van der Waals surface area contributed by atoms with Crippen LogP contribution < -0.4 is 9.47 Å². The van der Waals surface area contributed by atoms with Crippen LogP contribution in [0, 0.1) is 0 Å². The second kappa shape index (κ2) is 9.60. The first-order chi connectivity index (χ1) is 14.0. The minimum Gasteiger partial charge on any atom is -0.497 e. The highest BCUT2D eigenvalue weighted by atomic mass is 32.2. The van der Waals surface area contributed by atoms with Gasteiger partial charge in [-0.3, -0.25) is 4.79 Å². The van der Waals surface area contributed by atoms with E-state index in [9.17, 15) is 4.79 Å². The maximum atomic E-state index is 12.4. The molecule has 1 heterocycles. The predicted octanol–water partition coefficient (Wildman–Crippen LogP) is 4.50. The van der Waals surface area contributed by atoms with E-state index in [4.69, 9.17) is 9.47 Å². The van der Waals surface area contributed by atoms with Crippen LogP contribution in [0.25, 0.3) is 0 Å². The Morgan fingerprint density at radius 2 is 1.72 bits per heavy atom. The maximum absolute atomic E-state index is 12.4. The van der Waals surface area contributed by atoms with Gasteiger partial charge < -0.3 is 14.0 Å². The highest BCUT2D eigenvalue weighted by molar-refractivity contribution is 7.99. The number of carbonyl (C=O) groups excluding carboxylic acids is 1. The summed E-state index contributed by atoms with van der Waals surface area (Å²) in [6.07, 6.45) is 0.737. The van der Waals surface area contributed by atoms with Crippen molar-refractivity contribution in [3.8, 4) is 11.5 Å². The van der Waals surface area contributed by atoms with E-state index in [-0.39, 0.29) is 17.6 Å². The zero-order valence-corrected chi connectivity index (χ0v) is 17.9. The molecule has 6 nitrogen and oxygen atoms in total. The number of carbonyl (C=O) groups is 1. The molecule has 0 N–H and O–H groups in total. The van der Waals surface area contributed by atoms with E-state index in [1.165, 1.54) is 17.3 Å². The molecular weight excluding hydrogens is 386 g/mol. The number of rotatable bonds is 9. The molecule has 0 aliphatic carbocycles. The summed E-state index contributed by atoms with van der Waals surface area (Å²) in [6, 6.07) is 15.2. The molecular formula is C22H25N3O3S. The van der Waals surface area contributed by atoms with Crippen molar-refractivity contribution in [1.29, 1.82) is 0 Å². The number of Topliss-reactive ketones (excluding diaryl/α,β-unsaturated/α-hetero) is 1. The summed E-state index contributed by atoms with van der Waals surface area (Å²) in [4.78, 5) is 12.4. The fraction of sp³-hybridized carbons (Fsp3) is 0.318. The van der Waals surface area contributed by atoms with Crippen LogP contribution >= 0.6 is 11.8 Å². The van der Waals surface area contributed by atoms with Crippen molar-refractivity contribution in [2.75, 3.05) is 12.9 Å². The molecule has 0 saturated heterocycles. The molecule has 0 spiro atoms. The maximum Gasteiger partial charge on any atom is 0.191 e. The minimum absolute atomic E-state index is 0.0301. The van der Waals surface area contributed by atoms with Crippen molar-refractivity contribution in [3.05, 3.63) is 65.5 Å². The fourth-order valence-corrected chi connectivity index (χ4v) is 3.67. The molecule has 3 aromatic rings. The Balaban J connectivity index is 1.61. The summed E-state index contributed by atoms with van der Waals surface area (Å²) in [5.74, 6) is 2.55. The molecule has 2 aromatic carbocycles. The van der Waals surface area contributed by atoms with Gasteiger partial charge in [0, 0.05) is 12.6 Å². The van der Waals surface area contributed by atoms with Gasteiger partial charge in [0.1, 0.15) is 11.5 Å².